The van der Waals surface area contributed by atoms with Gasteiger partial charge in [-0.1, -0.05) is 12.1 Å². The van der Waals surface area contributed by atoms with Crippen LogP contribution < -0.4 is 10.1 Å². The molecule has 128 valence electrons. The summed E-state index contributed by atoms with van der Waals surface area (Å²) in [5.41, 5.74) is 1.69. The Kier molecular flexibility index (Phi) is 5.36. The number of hydrogen-bond acceptors (Lipinski definition) is 6. The van der Waals surface area contributed by atoms with Crippen molar-refractivity contribution in [2.45, 2.75) is 12.8 Å². The zero-order chi connectivity index (χ0) is 17.5. The molecule has 0 aliphatic rings. The van der Waals surface area contributed by atoms with Crippen molar-refractivity contribution in [3.63, 3.8) is 0 Å². The molecule has 7 nitrogen and oxygen atoms in total. The van der Waals surface area contributed by atoms with Gasteiger partial charge in [0, 0.05) is 25.4 Å². The lowest BCUT2D eigenvalue weighted by Gasteiger charge is -2.05. The molecule has 2 aromatic heterocycles. The average Bonchev–Trinajstić information content (AvgIpc) is 3.12. The molecule has 7 heteroatoms. The topological polar surface area (TPSA) is 90.1 Å². The fourth-order valence-electron chi connectivity index (χ4n) is 2.26. The van der Waals surface area contributed by atoms with Crippen LogP contribution in [0.15, 0.2) is 53.2 Å². The molecule has 0 bridgehead atoms. The van der Waals surface area contributed by atoms with Crippen molar-refractivity contribution in [2.24, 2.45) is 0 Å². The van der Waals surface area contributed by atoms with Crippen LogP contribution in [0.1, 0.15) is 11.5 Å². The lowest BCUT2D eigenvalue weighted by atomic mass is 10.1. The highest BCUT2D eigenvalue weighted by Crippen LogP contribution is 2.16. The molecule has 0 saturated heterocycles. The number of nitrogens with zero attached hydrogens (tertiary/aromatic N) is 3. The van der Waals surface area contributed by atoms with Crippen molar-refractivity contribution in [3.8, 4) is 17.2 Å². The maximum atomic E-state index is 12.0. The molecule has 2 heterocycles. The van der Waals surface area contributed by atoms with Crippen molar-refractivity contribution < 1.29 is 13.9 Å². The van der Waals surface area contributed by atoms with Gasteiger partial charge in [0.15, 0.2) is 0 Å². The normalized spacial score (nSPS) is 10.4. The zero-order valence-electron chi connectivity index (χ0n) is 13.8. The molecule has 1 N–H and O–H groups in total. The minimum Gasteiger partial charge on any atom is -0.497 e. The van der Waals surface area contributed by atoms with Gasteiger partial charge in [0.1, 0.15) is 5.75 Å². The highest BCUT2D eigenvalue weighted by Gasteiger charge is 2.09. The van der Waals surface area contributed by atoms with E-state index in [0.29, 0.717) is 31.2 Å². The molecule has 3 rings (SSSR count). The van der Waals surface area contributed by atoms with E-state index in [-0.39, 0.29) is 5.91 Å². The third kappa shape index (κ3) is 4.63. The molecule has 0 atom stereocenters. The second-order valence-electron chi connectivity index (χ2n) is 5.37. The minimum absolute atomic E-state index is 0.0582. The molecule has 25 heavy (non-hydrogen) atoms. The standard InChI is InChI=1S/C18H18N4O3/c1-24-15-6-4-13(5-7-15)11-16(23)20-10-8-17-21-22-18(25-17)14-3-2-9-19-12-14/h2-7,9,12H,8,10-11H2,1H3,(H,20,23). The first-order valence-electron chi connectivity index (χ1n) is 7.87. The van der Waals surface area contributed by atoms with E-state index in [1.54, 1.807) is 25.6 Å². The third-order valence-electron chi connectivity index (χ3n) is 3.56. The van der Waals surface area contributed by atoms with Crippen LogP contribution in [0.5, 0.6) is 5.75 Å². The SMILES string of the molecule is COc1ccc(CC(=O)NCCc2nnc(-c3cccnc3)o2)cc1. The van der Waals surface area contributed by atoms with Crippen molar-refractivity contribution >= 4 is 5.91 Å². The number of carbonyl (C=O) groups excluding carboxylic acids is 1. The summed E-state index contributed by atoms with van der Waals surface area (Å²) in [5.74, 6) is 1.61. The number of ether oxygens (including phenoxy) is 1. The molecule has 3 aromatic rings. The van der Waals surface area contributed by atoms with Crippen LogP contribution in [0.4, 0.5) is 0 Å². The predicted molar refractivity (Wildman–Crippen MR) is 90.9 cm³/mol. The Bertz CT molecular complexity index is 816. The van der Waals surface area contributed by atoms with E-state index >= 15 is 0 Å². The van der Waals surface area contributed by atoms with Crippen LogP contribution in [-0.2, 0) is 17.6 Å². The Morgan fingerprint density at radius 1 is 1.20 bits per heavy atom. The number of pyridine rings is 1. The summed E-state index contributed by atoms with van der Waals surface area (Å²) in [7, 11) is 1.61. The number of amides is 1. The van der Waals surface area contributed by atoms with Gasteiger partial charge in [-0.3, -0.25) is 9.78 Å². The minimum atomic E-state index is -0.0582. The molecular weight excluding hydrogens is 320 g/mol. The van der Waals surface area contributed by atoms with Crippen molar-refractivity contribution in [2.75, 3.05) is 13.7 Å². The molecule has 0 spiro atoms. The number of methoxy groups -OCH3 is 1. The molecule has 0 aliphatic heterocycles. The second kappa shape index (κ2) is 8.05. The summed E-state index contributed by atoms with van der Waals surface area (Å²) in [5, 5.41) is 10.8. The van der Waals surface area contributed by atoms with Gasteiger partial charge in [-0.05, 0) is 29.8 Å². The lowest BCUT2D eigenvalue weighted by molar-refractivity contribution is -0.120. The number of benzene rings is 1. The first-order valence-corrected chi connectivity index (χ1v) is 7.87. The Morgan fingerprint density at radius 3 is 2.76 bits per heavy atom. The number of nitrogens with one attached hydrogen (secondary N) is 1. The molecule has 0 fully saturated rings. The summed E-state index contributed by atoms with van der Waals surface area (Å²) in [6.07, 6.45) is 4.13. The van der Waals surface area contributed by atoms with E-state index in [1.165, 1.54) is 0 Å². The molecular formula is C18H18N4O3. The van der Waals surface area contributed by atoms with Gasteiger partial charge >= 0.3 is 0 Å². The van der Waals surface area contributed by atoms with Crippen molar-refractivity contribution in [1.82, 2.24) is 20.5 Å². The summed E-state index contributed by atoms with van der Waals surface area (Å²) in [6, 6.07) is 11.1. The highest BCUT2D eigenvalue weighted by molar-refractivity contribution is 5.78. The van der Waals surface area contributed by atoms with Crippen LogP contribution in [0.2, 0.25) is 0 Å². The molecule has 0 saturated carbocycles. The largest absolute Gasteiger partial charge is 0.497 e. The van der Waals surface area contributed by atoms with Gasteiger partial charge in [0.05, 0.1) is 19.1 Å². The first-order chi connectivity index (χ1) is 12.2. The molecule has 0 aliphatic carbocycles. The van der Waals surface area contributed by atoms with Crippen LogP contribution in [0.25, 0.3) is 11.5 Å². The van der Waals surface area contributed by atoms with Crippen LogP contribution in [0.3, 0.4) is 0 Å². The van der Waals surface area contributed by atoms with Gasteiger partial charge in [-0.2, -0.15) is 0 Å². The van der Waals surface area contributed by atoms with Crippen LogP contribution in [-0.4, -0.2) is 34.7 Å². The molecule has 1 aromatic carbocycles. The Hall–Kier alpha value is -3.22. The van der Waals surface area contributed by atoms with Crippen molar-refractivity contribution in [1.29, 1.82) is 0 Å². The van der Waals surface area contributed by atoms with E-state index in [4.69, 9.17) is 9.15 Å². The van der Waals surface area contributed by atoms with Crippen molar-refractivity contribution in [3.05, 3.63) is 60.2 Å². The number of aromatic nitrogens is 3. The quantitative estimate of drug-likeness (QED) is 0.709. The lowest BCUT2D eigenvalue weighted by Crippen LogP contribution is -2.27. The van der Waals surface area contributed by atoms with Gasteiger partial charge in [0.25, 0.3) is 0 Å². The van der Waals surface area contributed by atoms with Gasteiger partial charge in [-0.25, -0.2) is 0 Å². The Labute approximate surface area is 145 Å². The van der Waals surface area contributed by atoms with Crippen LogP contribution in [0, 0.1) is 0 Å². The smallest absolute Gasteiger partial charge is 0.249 e. The fraction of sp³-hybridized carbons (Fsp3) is 0.222. The third-order valence-corrected chi connectivity index (χ3v) is 3.56. The predicted octanol–water partition coefficient (Wildman–Crippen LogP) is 2.04. The Balaban J connectivity index is 1.46. The number of carbonyl (C=O) groups is 1. The van der Waals surface area contributed by atoms with E-state index in [0.717, 1.165) is 16.9 Å². The Morgan fingerprint density at radius 2 is 2.04 bits per heavy atom. The molecule has 0 unspecified atom stereocenters. The second-order valence-corrected chi connectivity index (χ2v) is 5.37. The summed E-state index contributed by atoms with van der Waals surface area (Å²) >= 11 is 0. The van der Waals surface area contributed by atoms with Gasteiger partial charge in [0.2, 0.25) is 17.7 Å². The summed E-state index contributed by atoms with van der Waals surface area (Å²) in [6.45, 7) is 0.434. The maximum Gasteiger partial charge on any atom is 0.249 e. The highest BCUT2D eigenvalue weighted by atomic mass is 16.5. The first kappa shape index (κ1) is 16.6. The molecule has 0 radical (unpaired) electrons. The van der Waals surface area contributed by atoms with E-state index in [9.17, 15) is 4.79 Å². The maximum absolute atomic E-state index is 12.0. The molecule has 1 amide bonds. The fourth-order valence-corrected chi connectivity index (χ4v) is 2.26. The van der Waals surface area contributed by atoms with E-state index in [1.807, 2.05) is 30.3 Å². The van der Waals surface area contributed by atoms with Gasteiger partial charge in [-0.15, -0.1) is 10.2 Å². The number of hydrogen-bond donors (Lipinski definition) is 1. The summed E-state index contributed by atoms with van der Waals surface area (Å²) in [4.78, 5) is 16.0. The monoisotopic (exact) mass is 338 g/mol. The number of rotatable bonds is 7. The van der Waals surface area contributed by atoms with E-state index < -0.39 is 0 Å². The van der Waals surface area contributed by atoms with Crippen LogP contribution >= 0.6 is 0 Å². The van der Waals surface area contributed by atoms with Gasteiger partial charge < -0.3 is 14.5 Å². The van der Waals surface area contributed by atoms with E-state index in [2.05, 4.69) is 20.5 Å². The zero-order valence-corrected chi connectivity index (χ0v) is 13.8. The average molecular weight is 338 g/mol. The summed E-state index contributed by atoms with van der Waals surface area (Å²) < 4.78 is 10.7.